The van der Waals surface area contributed by atoms with Gasteiger partial charge in [0.2, 0.25) is 0 Å². The summed E-state index contributed by atoms with van der Waals surface area (Å²) in [5.41, 5.74) is 0.473. The Morgan fingerprint density at radius 3 is 1.32 bits per heavy atom. The molecule has 0 spiro atoms. The molecule has 0 saturated carbocycles. The van der Waals surface area contributed by atoms with E-state index < -0.39 is 19.0 Å². The van der Waals surface area contributed by atoms with E-state index in [-0.39, 0.29) is 22.3 Å². The molecule has 0 bridgehead atoms. The van der Waals surface area contributed by atoms with Crippen LogP contribution in [0.15, 0.2) is 24.3 Å². The molecule has 1 atom stereocenters. The maximum absolute atomic E-state index is 13.5. The summed E-state index contributed by atoms with van der Waals surface area (Å²) in [6, 6.07) is 6.31. The van der Waals surface area contributed by atoms with Gasteiger partial charge in [-0.25, -0.2) is 0 Å². The van der Waals surface area contributed by atoms with Gasteiger partial charge in [-0.15, -0.1) is 12.4 Å². The summed E-state index contributed by atoms with van der Waals surface area (Å²) in [4.78, 5) is 0. The third-order valence-corrected chi connectivity index (χ3v) is 13.4. The molecular weight excluding hydrogens is 539 g/mol. The molecule has 1 aromatic carbocycles. The van der Waals surface area contributed by atoms with Crippen LogP contribution in [-0.2, 0) is 12.3 Å². The summed E-state index contributed by atoms with van der Waals surface area (Å²) < 4.78 is 40.4. The van der Waals surface area contributed by atoms with E-state index in [2.05, 4.69) is 20.8 Å². The van der Waals surface area contributed by atoms with E-state index in [4.69, 9.17) is 0 Å². The minimum absolute atomic E-state index is 0. The molecule has 0 nitrogen and oxygen atoms in total. The van der Waals surface area contributed by atoms with Crippen molar-refractivity contribution in [2.24, 2.45) is 0 Å². The van der Waals surface area contributed by atoms with Crippen molar-refractivity contribution in [2.75, 3.05) is 18.5 Å². The monoisotopic (exact) mass is 600 g/mol. The van der Waals surface area contributed by atoms with Crippen molar-refractivity contribution in [1.82, 2.24) is 0 Å². The van der Waals surface area contributed by atoms with E-state index in [0.29, 0.717) is 0 Å². The molecule has 1 rings (SSSR count). The van der Waals surface area contributed by atoms with Crippen LogP contribution in [0.5, 0.6) is 0 Å². The second-order valence-electron chi connectivity index (χ2n) is 11.4. The number of rotatable bonds is 23. The van der Waals surface area contributed by atoms with Crippen molar-refractivity contribution >= 4 is 29.6 Å². The first kappa shape index (κ1) is 40.3. The zero-order valence-corrected chi connectivity index (χ0v) is 28.3. The number of hydrogen-bond donors (Lipinski definition) is 0. The van der Waals surface area contributed by atoms with Gasteiger partial charge in [-0.3, -0.25) is 0 Å². The van der Waals surface area contributed by atoms with Gasteiger partial charge in [0.25, 0.3) is 0 Å². The number of hydrogen-bond acceptors (Lipinski definition) is 0. The van der Waals surface area contributed by atoms with Gasteiger partial charge in [-0.2, -0.15) is 9.90 Å². The smallest absolute Gasteiger partial charge is 0.147 e. The Bertz CT molecular complexity index is 611. The van der Waals surface area contributed by atoms with Crippen molar-refractivity contribution in [2.45, 2.75) is 149 Å². The van der Waals surface area contributed by atoms with Gasteiger partial charge in [-0.05, 0) is 0 Å². The third-order valence-electron chi connectivity index (χ3n) is 8.02. The van der Waals surface area contributed by atoms with Crippen LogP contribution in [0, 0.1) is 0 Å². The minimum atomic E-state index is -4.25. The molecular formula is C32H62ClF3P2. The fourth-order valence-corrected chi connectivity index (χ4v) is 11.1. The van der Waals surface area contributed by atoms with Gasteiger partial charge in [0.1, 0.15) is 0 Å². The molecule has 0 N–H and O–H groups in total. The predicted molar refractivity (Wildman–Crippen MR) is 177 cm³/mol. The average molecular weight is 601 g/mol. The van der Waals surface area contributed by atoms with Crippen LogP contribution in [0.25, 0.3) is 0 Å². The topological polar surface area (TPSA) is 0 Å². The first-order valence-corrected chi connectivity index (χ1v) is 18.4. The Morgan fingerprint density at radius 2 is 0.947 bits per heavy atom. The predicted octanol–water partition coefficient (Wildman–Crippen LogP) is 12.5. The molecule has 0 aliphatic carbocycles. The van der Waals surface area contributed by atoms with Crippen LogP contribution >= 0.6 is 29.6 Å². The standard InChI is InChI=1S/C32H58F3P.ClH.H3P/c1-4-7-10-13-16-19-25-36(26-20-17-14-11-8-5-2,27-21-18-15-12-9-6-3)29-30-23-22-24-31(28-30)32(33,34)35;;/h22-24,28,36H,4-21,25-27,29H2,1-3H3;1H;1H3. The summed E-state index contributed by atoms with van der Waals surface area (Å²) in [6.45, 7) is 6.77. The number of alkyl halides is 3. The van der Waals surface area contributed by atoms with E-state index in [0.717, 1.165) is 11.7 Å². The van der Waals surface area contributed by atoms with Gasteiger partial charge in [0, 0.05) is 0 Å². The van der Waals surface area contributed by atoms with E-state index in [1.165, 1.54) is 146 Å². The summed E-state index contributed by atoms with van der Waals surface area (Å²) in [7, 11) is -1.69. The fourth-order valence-electron chi connectivity index (χ4n) is 5.77. The van der Waals surface area contributed by atoms with Crippen molar-refractivity contribution in [1.29, 1.82) is 0 Å². The quantitative estimate of drug-likeness (QED) is 0.0865. The fraction of sp³-hybridized carbons (Fsp3) is 0.812. The van der Waals surface area contributed by atoms with Gasteiger partial charge in [-0.1, -0.05) is 0 Å². The summed E-state index contributed by atoms with van der Waals surface area (Å²) in [5.74, 6) is 0. The van der Waals surface area contributed by atoms with Crippen molar-refractivity contribution in [3.05, 3.63) is 35.4 Å². The minimum Gasteiger partial charge on any atom is -0.153 e. The molecule has 0 aliphatic heterocycles. The Balaban J connectivity index is 0. The van der Waals surface area contributed by atoms with Gasteiger partial charge >= 0.3 is 223 Å². The Hall–Kier alpha value is 0.160. The van der Waals surface area contributed by atoms with Crippen LogP contribution < -0.4 is 0 Å². The second-order valence-corrected chi connectivity index (χ2v) is 16.3. The van der Waals surface area contributed by atoms with Gasteiger partial charge in [0.05, 0.1) is 0 Å². The largest absolute Gasteiger partial charge is 0.153 e. The molecule has 0 saturated heterocycles. The van der Waals surface area contributed by atoms with E-state index in [9.17, 15) is 13.2 Å². The Kier molecular flexibility index (Phi) is 26.4. The number of benzene rings is 1. The molecule has 0 aromatic heterocycles. The van der Waals surface area contributed by atoms with Crippen LogP contribution in [0.3, 0.4) is 0 Å². The van der Waals surface area contributed by atoms with Crippen LogP contribution in [0.1, 0.15) is 147 Å². The van der Waals surface area contributed by atoms with E-state index in [1.807, 2.05) is 6.07 Å². The summed E-state index contributed by atoms with van der Waals surface area (Å²) >= 11 is 0. The molecule has 1 unspecified atom stereocenters. The third kappa shape index (κ3) is 19.3. The second kappa shape index (κ2) is 24.9. The van der Waals surface area contributed by atoms with Crippen LogP contribution in [0.4, 0.5) is 13.2 Å². The molecule has 6 heteroatoms. The van der Waals surface area contributed by atoms with Crippen molar-refractivity contribution < 1.29 is 13.2 Å². The van der Waals surface area contributed by atoms with Crippen molar-refractivity contribution in [3.8, 4) is 0 Å². The van der Waals surface area contributed by atoms with E-state index in [1.54, 1.807) is 6.07 Å². The Morgan fingerprint density at radius 1 is 0.579 bits per heavy atom. The summed E-state index contributed by atoms with van der Waals surface area (Å²) in [6.07, 6.45) is 24.0. The SMILES string of the molecule is CCCCCCCC[PH](CCCCCCCC)(CCCCCCCC)Cc1cccc(C(F)(F)F)c1.Cl.P. The molecule has 0 aliphatic rings. The normalized spacial score (nSPS) is 12.2. The maximum Gasteiger partial charge on any atom is -0.147 e. The Labute approximate surface area is 244 Å². The molecule has 38 heavy (non-hydrogen) atoms. The number of halogens is 4. The van der Waals surface area contributed by atoms with Gasteiger partial charge in [0.15, 0.2) is 0 Å². The molecule has 0 amide bonds. The first-order chi connectivity index (χ1) is 17.4. The zero-order chi connectivity index (χ0) is 26.5. The van der Waals surface area contributed by atoms with E-state index >= 15 is 0 Å². The number of unbranched alkanes of at least 4 members (excludes halogenated alkanes) is 15. The van der Waals surface area contributed by atoms with Crippen LogP contribution in [0.2, 0.25) is 0 Å². The van der Waals surface area contributed by atoms with Crippen LogP contribution in [-0.4, -0.2) is 18.5 Å². The molecule has 1 aromatic rings. The molecule has 0 fully saturated rings. The molecule has 0 heterocycles. The zero-order valence-electron chi connectivity index (χ0n) is 25.1. The van der Waals surface area contributed by atoms with Crippen molar-refractivity contribution in [3.63, 3.8) is 0 Å². The molecule has 0 radical (unpaired) electrons. The van der Waals surface area contributed by atoms with Gasteiger partial charge < -0.3 is 0 Å². The maximum atomic E-state index is 13.5. The molecule has 228 valence electrons. The first-order valence-electron chi connectivity index (χ1n) is 15.5. The average Bonchev–Trinajstić information content (AvgIpc) is 2.85. The summed E-state index contributed by atoms with van der Waals surface area (Å²) in [5, 5.41) is 0.